The van der Waals surface area contributed by atoms with Gasteiger partial charge in [0.05, 0.1) is 17.9 Å². The molecule has 0 aliphatic heterocycles. The third kappa shape index (κ3) is 3.87. The van der Waals surface area contributed by atoms with Gasteiger partial charge in [-0.3, -0.25) is 4.79 Å². The average molecular weight is 304 g/mol. The first-order valence-corrected chi connectivity index (χ1v) is 6.88. The topological polar surface area (TPSA) is 107 Å². The molecular weight excluding hydrogens is 288 g/mol. The third-order valence-corrected chi connectivity index (χ3v) is 2.90. The molecule has 2 rings (SSSR count). The molecular formula is C14H16N4O4. The van der Waals surface area contributed by atoms with Crippen LogP contribution in [0.5, 0.6) is 0 Å². The molecule has 0 saturated heterocycles. The SMILES string of the molecule is CCCCOC(=O)c1cccc(-n2nnnc2CC(=O)O)c1. The summed E-state index contributed by atoms with van der Waals surface area (Å²) in [6.07, 6.45) is 1.44. The van der Waals surface area contributed by atoms with Crippen LogP contribution >= 0.6 is 0 Å². The normalized spacial score (nSPS) is 10.4. The number of esters is 1. The van der Waals surface area contributed by atoms with E-state index < -0.39 is 11.9 Å². The smallest absolute Gasteiger partial charge is 0.338 e. The van der Waals surface area contributed by atoms with E-state index in [1.807, 2.05) is 6.92 Å². The first kappa shape index (κ1) is 15.6. The molecule has 22 heavy (non-hydrogen) atoms. The van der Waals surface area contributed by atoms with E-state index in [-0.39, 0.29) is 12.2 Å². The predicted molar refractivity (Wildman–Crippen MR) is 75.7 cm³/mol. The molecule has 0 bridgehead atoms. The van der Waals surface area contributed by atoms with Gasteiger partial charge in [0.1, 0.15) is 6.42 Å². The molecule has 0 amide bonds. The van der Waals surface area contributed by atoms with Gasteiger partial charge in [-0.05, 0) is 35.0 Å². The van der Waals surface area contributed by atoms with Crippen molar-refractivity contribution in [2.75, 3.05) is 6.61 Å². The van der Waals surface area contributed by atoms with Gasteiger partial charge in [-0.25, -0.2) is 4.79 Å². The summed E-state index contributed by atoms with van der Waals surface area (Å²) in [5, 5.41) is 19.7. The lowest BCUT2D eigenvalue weighted by Crippen LogP contribution is -2.11. The van der Waals surface area contributed by atoms with E-state index in [1.54, 1.807) is 24.3 Å². The molecule has 0 spiro atoms. The van der Waals surface area contributed by atoms with Crippen molar-refractivity contribution in [3.8, 4) is 5.69 Å². The summed E-state index contributed by atoms with van der Waals surface area (Å²) in [6, 6.07) is 6.54. The van der Waals surface area contributed by atoms with Gasteiger partial charge >= 0.3 is 11.9 Å². The maximum Gasteiger partial charge on any atom is 0.338 e. The Morgan fingerprint density at radius 2 is 2.18 bits per heavy atom. The number of aliphatic carboxylic acids is 1. The van der Waals surface area contributed by atoms with E-state index in [0.717, 1.165) is 12.8 Å². The first-order chi connectivity index (χ1) is 10.6. The second kappa shape index (κ2) is 7.30. The Morgan fingerprint density at radius 1 is 1.36 bits per heavy atom. The second-order valence-electron chi connectivity index (χ2n) is 4.62. The Hall–Kier alpha value is -2.77. The predicted octanol–water partition coefficient (Wildman–Crippen LogP) is 1.25. The highest BCUT2D eigenvalue weighted by molar-refractivity contribution is 5.90. The largest absolute Gasteiger partial charge is 0.481 e. The second-order valence-corrected chi connectivity index (χ2v) is 4.62. The summed E-state index contributed by atoms with van der Waals surface area (Å²) in [5.41, 5.74) is 0.872. The number of hydrogen-bond donors (Lipinski definition) is 1. The van der Waals surface area contributed by atoms with Gasteiger partial charge in [0.15, 0.2) is 5.82 Å². The quantitative estimate of drug-likeness (QED) is 0.605. The van der Waals surface area contributed by atoms with E-state index in [1.165, 1.54) is 4.68 Å². The minimum absolute atomic E-state index is 0.184. The van der Waals surface area contributed by atoms with Crippen molar-refractivity contribution in [2.45, 2.75) is 26.2 Å². The van der Waals surface area contributed by atoms with Crippen LogP contribution in [0.1, 0.15) is 35.9 Å². The molecule has 0 unspecified atom stereocenters. The van der Waals surface area contributed by atoms with Gasteiger partial charge in [-0.2, -0.15) is 4.68 Å². The van der Waals surface area contributed by atoms with Crippen molar-refractivity contribution in [3.63, 3.8) is 0 Å². The number of hydrogen-bond acceptors (Lipinski definition) is 6. The molecule has 2 aromatic rings. The maximum atomic E-state index is 11.9. The van der Waals surface area contributed by atoms with Crippen LogP contribution in [-0.4, -0.2) is 43.9 Å². The number of carbonyl (C=O) groups excluding carboxylic acids is 1. The number of carbonyl (C=O) groups is 2. The number of carboxylic acids is 1. The zero-order chi connectivity index (χ0) is 15.9. The molecule has 0 saturated carbocycles. The highest BCUT2D eigenvalue weighted by atomic mass is 16.5. The van der Waals surface area contributed by atoms with Crippen LogP contribution in [0.3, 0.4) is 0 Å². The van der Waals surface area contributed by atoms with Crippen molar-refractivity contribution in [1.82, 2.24) is 20.2 Å². The molecule has 8 nitrogen and oxygen atoms in total. The summed E-state index contributed by atoms with van der Waals surface area (Å²) in [7, 11) is 0. The number of tetrazole rings is 1. The highest BCUT2D eigenvalue weighted by Gasteiger charge is 2.14. The summed E-state index contributed by atoms with van der Waals surface area (Å²) in [6.45, 7) is 2.38. The van der Waals surface area contributed by atoms with E-state index >= 15 is 0 Å². The van der Waals surface area contributed by atoms with Crippen LogP contribution in [0, 0.1) is 0 Å². The standard InChI is InChI=1S/C14H16N4O4/c1-2-3-7-22-14(21)10-5-4-6-11(8-10)18-12(9-13(19)20)15-16-17-18/h4-6,8H,2-3,7,9H2,1H3,(H,19,20). The van der Waals surface area contributed by atoms with E-state index in [4.69, 9.17) is 9.84 Å². The number of ether oxygens (including phenoxy) is 1. The summed E-state index contributed by atoms with van der Waals surface area (Å²) < 4.78 is 6.43. The molecule has 8 heteroatoms. The van der Waals surface area contributed by atoms with Crippen LogP contribution in [0.4, 0.5) is 0 Å². The number of unbranched alkanes of at least 4 members (excludes halogenated alkanes) is 1. The first-order valence-electron chi connectivity index (χ1n) is 6.88. The van der Waals surface area contributed by atoms with Crippen LogP contribution in [0.2, 0.25) is 0 Å². The van der Waals surface area contributed by atoms with Gasteiger partial charge in [0.2, 0.25) is 0 Å². The van der Waals surface area contributed by atoms with Gasteiger partial charge in [-0.15, -0.1) is 5.10 Å². The van der Waals surface area contributed by atoms with Gasteiger partial charge in [0.25, 0.3) is 0 Å². The Morgan fingerprint density at radius 3 is 2.91 bits per heavy atom. The fourth-order valence-corrected chi connectivity index (χ4v) is 1.81. The van der Waals surface area contributed by atoms with Gasteiger partial charge in [0, 0.05) is 0 Å². The van der Waals surface area contributed by atoms with Gasteiger partial charge in [-0.1, -0.05) is 19.4 Å². The van der Waals surface area contributed by atoms with Crippen molar-refractivity contribution >= 4 is 11.9 Å². The fourth-order valence-electron chi connectivity index (χ4n) is 1.81. The van der Waals surface area contributed by atoms with Crippen molar-refractivity contribution < 1.29 is 19.4 Å². The zero-order valence-electron chi connectivity index (χ0n) is 12.1. The molecule has 0 atom stereocenters. The Labute approximate surface area is 126 Å². The molecule has 116 valence electrons. The van der Waals surface area contributed by atoms with E-state index in [2.05, 4.69) is 15.5 Å². The summed E-state index contributed by atoms with van der Waals surface area (Å²) in [5.74, 6) is -1.28. The number of aromatic nitrogens is 4. The van der Waals surface area contributed by atoms with Crippen LogP contribution in [0.15, 0.2) is 24.3 Å². The van der Waals surface area contributed by atoms with E-state index in [9.17, 15) is 9.59 Å². The molecule has 1 aromatic heterocycles. The van der Waals surface area contributed by atoms with Crippen LogP contribution in [0.25, 0.3) is 5.69 Å². The lowest BCUT2D eigenvalue weighted by molar-refractivity contribution is -0.136. The molecule has 0 aliphatic rings. The molecule has 0 fully saturated rings. The zero-order valence-corrected chi connectivity index (χ0v) is 12.1. The monoisotopic (exact) mass is 304 g/mol. The molecule has 1 heterocycles. The van der Waals surface area contributed by atoms with E-state index in [0.29, 0.717) is 17.9 Å². The Bertz CT molecular complexity index is 668. The maximum absolute atomic E-state index is 11.9. The highest BCUT2D eigenvalue weighted by Crippen LogP contribution is 2.12. The van der Waals surface area contributed by atoms with Crippen molar-refractivity contribution in [1.29, 1.82) is 0 Å². The minimum Gasteiger partial charge on any atom is -0.481 e. The molecule has 0 aliphatic carbocycles. The third-order valence-electron chi connectivity index (χ3n) is 2.90. The Kier molecular flexibility index (Phi) is 5.18. The number of rotatable bonds is 7. The van der Waals surface area contributed by atoms with Crippen molar-refractivity contribution in [2.24, 2.45) is 0 Å². The molecule has 1 N–H and O–H groups in total. The average Bonchev–Trinajstić information content (AvgIpc) is 2.95. The van der Waals surface area contributed by atoms with Crippen LogP contribution in [-0.2, 0) is 16.0 Å². The van der Waals surface area contributed by atoms with Gasteiger partial charge < -0.3 is 9.84 Å². The molecule has 0 radical (unpaired) electrons. The molecule has 1 aromatic carbocycles. The lowest BCUT2D eigenvalue weighted by atomic mass is 10.2. The summed E-state index contributed by atoms with van der Waals surface area (Å²) in [4.78, 5) is 22.7. The summed E-state index contributed by atoms with van der Waals surface area (Å²) >= 11 is 0. The lowest BCUT2D eigenvalue weighted by Gasteiger charge is -2.07. The fraction of sp³-hybridized carbons (Fsp3) is 0.357. The Balaban J connectivity index is 2.20. The number of nitrogens with zero attached hydrogens (tertiary/aromatic N) is 4. The van der Waals surface area contributed by atoms with Crippen LogP contribution < -0.4 is 0 Å². The number of carboxylic acid groups (broad SMARTS) is 1. The van der Waals surface area contributed by atoms with Crippen molar-refractivity contribution in [3.05, 3.63) is 35.7 Å². The minimum atomic E-state index is -1.04. The number of benzene rings is 1.